The summed E-state index contributed by atoms with van der Waals surface area (Å²) < 4.78 is 0. The predicted octanol–water partition coefficient (Wildman–Crippen LogP) is 1.08. The summed E-state index contributed by atoms with van der Waals surface area (Å²) >= 11 is 0. The van der Waals surface area contributed by atoms with Gasteiger partial charge >= 0.3 is 6.03 Å². The van der Waals surface area contributed by atoms with Crippen molar-refractivity contribution in [1.82, 2.24) is 20.9 Å². The minimum absolute atomic E-state index is 0.0274. The van der Waals surface area contributed by atoms with Crippen LogP contribution < -0.4 is 16.0 Å². The number of carbonyl (C=O) groups excluding carboxylic acids is 2. The average Bonchev–Trinajstić information content (AvgIpc) is 2.54. The number of likely N-dealkylation sites (tertiary alicyclic amines) is 1. The van der Waals surface area contributed by atoms with Gasteiger partial charge in [0.2, 0.25) is 5.91 Å². The largest absolute Gasteiger partial charge is 0.341 e. The van der Waals surface area contributed by atoms with Crippen LogP contribution in [0.2, 0.25) is 0 Å². The van der Waals surface area contributed by atoms with Crippen LogP contribution in [0.4, 0.5) is 4.79 Å². The summed E-state index contributed by atoms with van der Waals surface area (Å²) in [5, 5.41) is 8.87. The summed E-state index contributed by atoms with van der Waals surface area (Å²) in [5.41, 5.74) is 0. The highest BCUT2D eigenvalue weighted by Crippen LogP contribution is 2.17. The van der Waals surface area contributed by atoms with Gasteiger partial charge in [-0.25, -0.2) is 4.79 Å². The summed E-state index contributed by atoms with van der Waals surface area (Å²) in [7, 11) is 1.94. The number of piperidine rings is 1. The quantitative estimate of drug-likeness (QED) is 0.711. The van der Waals surface area contributed by atoms with Crippen LogP contribution in [0.15, 0.2) is 0 Å². The highest BCUT2D eigenvalue weighted by molar-refractivity contribution is 5.84. The van der Waals surface area contributed by atoms with Crippen molar-refractivity contribution in [3.8, 4) is 0 Å². The second-order valence-corrected chi connectivity index (χ2v) is 6.57. The van der Waals surface area contributed by atoms with Crippen LogP contribution in [0.25, 0.3) is 0 Å². The van der Waals surface area contributed by atoms with E-state index < -0.39 is 0 Å². The number of nitrogens with zero attached hydrogens (tertiary/aromatic N) is 1. The zero-order valence-electron chi connectivity index (χ0n) is 13.7. The van der Waals surface area contributed by atoms with Gasteiger partial charge < -0.3 is 20.9 Å². The molecule has 0 aromatic rings. The second-order valence-electron chi connectivity index (χ2n) is 6.57. The van der Waals surface area contributed by atoms with Gasteiger partial charge in [0, 0.05) is 19.1 Å². The van der Waals surface area contributed by atoms with E-state index in [2.05, 4.69) is 16.0 Å². The van der Waals surface area contributed by atoms with Crippen molar-refractivity contribution >= 4 is 11.9 Å². The Morgan fingerprint density at radius 2 is 1.86 bits per heavy atom. The molecule has 22 heavy (non-hydrogen) atoms. The molecule has 6 heteroatoms. The summed E-state index contributed by atoms with van der Waals surface area (Å²) in [6, 6.07) is 0.0721. The molecule has 126 valence electrons. The average molecular weight is 310 g/mol. The molecular weight excluding hydrogens is 280 g/mol. The SMILES string of the molecule is CNCC1CCCN(C(=O)CNC(=O)NC2CCCCC2)C1. The van der Waals surface area contributed by atoms with E-state index in [-0.39, 0.29) is 24.5 Å². The molecule has 1 aliphatic heterocycles. The third-order valence-electron chi connectivity index (χ3n) is 4.71. The smallest absolute Gasteiger partial charge is 0.315 e. The Morgan fingerprint density at radius 3 is 2.59 bits per heavy atom. The number of urea groups is 1. The minimum atomic E-state index is -0.205. The molecule has 3 N–H and O–H groups in total. The van der Waals surface area contributed by atoms with Crippen molar-refractivity contribution in [2.45, 2.75) is 51.0 Å². The molecule has 0 aromatic carbocycles. The number of nitrogens with one attached hydrogen (secondary N) is 3. The van der Waals surface area contributed by atoms with Crippen molar-refractivity contribution in [2.24, 2.45) is 5.92 Å². The van der Waals surface area contributed by atoms with Gasteiger partial charge in [0.25, 0.3) is 0 Å². The number of hydrogen-bond acceptors (Lipinski definition) is 3. The lowest BCUT2D eigenvalue weighted by atomic mass is 9.96. The van der Waals surface area contributed by atoms with Crippen LogP contribution in [0.5, 0.6) is 0 Å². The molecule has 0 radical (unpaired) electrons. The summed E-state index contributed by atoms with van der Waals surface area (Å²) in [6.45, 7) is 2.65. The Hall–Kier alpha value is -1.30. The van der Waals surface area contributed by atoms with Crippen LogP contribution >= 0.6 is 0 Å². The van der Waals surface area contributed by atoms with Crippen molar-refractivity contribution in [3.05, 3.63) is 0 Å². The first-order chi connectivity index (χ1) is 10.7. The maximum Gasteiger partial charge on any atom is 0.315 e. The first-order valence-electron chi connectivity index (χ1n) is 8.65. The third-order valence-corrected chi connectivity index (χ3v) is 4.71. The van der Waals surface area contributed by atoms with Crippen LogP contribution in [0, 0.1) is 5.92 Å². The summed E-state index contributed by atoms with van der Waals surface area (Å²) in [4.78, 5) is 26.0. The van der Waals surface area contributed by atoms with Crippen molar-refractivity contribution in [2.75, 3.05) is 33.2 Å². The molecule has 6 nitrogen and oxygen atoms in total. The highest BCUT2D eigenvalue weighted by Gasteiger charge is 2.23. The topological polar surface area (TPSA) is 73.5 Å². The zero-order valence-corrected chi connectivity index (χ0v) is 13.7. The van der Waals surface area contributed by atoms with E-state index in [0.717, 1.165) is 38.9 Å². The predicted molar refractivity (Wildman–Crippen MR) is 86.6 cm³/mol. The van der Waals surface area contributed by atoms with Crippen LogP contribution in [-0.2, 0) is 4.79 Å². The Bertz CT molecular complexity index is 367. The molecule has 1 atom stereocenters. The summed E-state index contributed by atoms with van der Waals surface area (Å²) in [5.74, 6) is 0.554. The lowest BCUT2D eigenvalue weighted by Crippen LogP contribution is -2.49. The third kappa shape index (κ3) is 5.48. The normalized spacial score (nSPS) is 23.1. The molecule has 1 unspecified atom stereocenters. The van der Waals surface area contributed by atoms with Gasteiger partial charge in [0.15, 0.2) is 0 Å². The number of amides is 3. The first-order valence-corrected chi connectivity index (χ1v) is 8.65. The Labute approximate surface area is 133 Å². The molecule has 2 fully saturated rings. The monoisotopic (exact) mass is 310 g/mol. The minimum Gasteiger partial charge on any atom is -0.341 e. The van der Waals surface area contributed by atoms with E-state index in [0.29, 0.717) is 5.92 Å². The molecule has 0 spiro atoms. The first kappa shape index (κ1) is 17.1. The van der Waals surface area contributed by atoms with Crippen molar-refractivity contribution in [3.63, 3.8) is 0 Å². The van der Waals surface area contributed by atoms with E-state index in [1.54, 1.807) is 0 Å². The maximum atomic E-state index is 12.2. The van der Waals surface area contributed by atoms with E-state index in [4.69, 9.17) is 0 Å². The maximum absolute atomic E-state index is 12.2. The molecule has 3 amide bonds. The molecular formula is C16H30N4O2. The Kier molecular flexibility index (Phi) is 6.96. The van der Waals surface area contributed by atoms with Crippen LogP contribution in [0.1, 0.15) is 44.9 Å². The van der Waals surface area contributed by atoms with Gasteiger partial charge in [-0.1, -0.05) is 19.3 Å². The van der Waals surface area contributed by atoms with Crippen molar-refractivity contribution < 1.29 is 9.59 Å². The fraction of sp³-hybridized carbons (Fsp3) is 0.875. The molecule has 1 saturated carbocycles. The van der Waals surface area contributed by atoms with E-state index in [9.17, 15) is 9.59 Å². The van der Waals surface area contributed by atoms with Gasteiger partial charge in [-0.2, -0.15) is 0 Å². The van der Waals surface area contributed by atoms with E-state index in [1.165, 1.54) is 25.7 Å². The number of rotatable bonds is 5. The molecule has 0 aromatic heterocycles. The lowest BCUT2D eigenvalue weighted by Gasteiger charge is -2.33. The fourth-order valence-electron chi connectivity index (χ4n) is 3.50. The second kappa shape index (κ2) is 8.98. The van der Waals surface area contributed by atoms with Crippen LogP contribution in [0.3, 0.4) is 0 Å². The highest BCUT2D eigenvalue weighted by atomic mass is 16.2. The molecule has 2 rings (SSSR count). The standard InChI is InChI=1S/C16H30N4O2/c1-17-10-13-6-5-9-20(12-13)15(21)11-18-16(22)19-14-7-3-2-4-8-14/h13-14,17H,2-12H2,1H3,(H2,18,19,22). The van der Waals surface area contributed by atoms with E-state index >= 15 is 0 Å². The van der Waals surface area contributed by atoms with Gasteiger partial charge in [-0.15, -0.1) is 0 Å². The zero-order chi connectivity index (χ0) is 15.8. The lowest BCUT2D eigenvalue weighted by molar-refractivity contribution is -0.131. The molecule has 1 heterocycles. The van der Waals surface area contributed by atoms with Gasteiger partial charge in [0.05, 0.1) is 6.54 Å². The van der Waals surface area contributed by atoms with Gasteiger partial charge in [0.1, 0.15) is 0 Å². The van der Waals surface area contributed by atoms with Crippen molar-refractivity contribution in [1.29, 1.82) is 0 Å². The molecule has 1 saturated heterocycles. The van der Waals surface area contributed by atoms with Crippen LogP contribution in [-0.4, -0.2) is 56.1 Å². The molecule has 1 aliphatic carbocycles. The Morgan fingerprint density at radius 1 is 1.09 bits per heavy atom. The van der Waals surface area contributed by atoms with Gasteiger partial charge in [-0.05, 0) is 45.2 Å². The number of hydrogen-bond donors (Lipinski definition) is 3. The number of carbonyl (C=O) groups is 2. The molecule has 0 bridgehead atoms. The summed E-state index contributed by atoms with van der Waals surface area (Å²) in [6.07, 6.45) is 7.96. The van der Waals surface area contributed by atoms with Gasteiger partial charge in [-0.3, -0.25) is 4.79 Å². The van der Waals surface area contributed by atoms with E-state index in [1.807, 2.05) is 11.9 Å². The fourth-order valence-corrected chi connectivity index (χ4v) is 3.50. The Balaban J connectivity index is 1.66. The molecule has 2 aliphatic rings.